The topological polar surface area (TPSA) is 40.5 Å². The van der Waals surface area contributed by atoms with Crippen molar-refractivity contribution in [1.82, 2.24) is 0 Å². The van der Waals surface area contributed by atoms with Crippen molar-refractivity contribution >= 4 is 16.8 Å². The fourth-order valence-electron chi connectivity index (χ4n) is 0. The molecule has 0 rings (SSSR count). The van der Waals surface area contributed by atoms with E-state index in [2.05, 4.69) is 0 Å². The second-order valence-electron chi connectivity index (χ2n) is 3.12. The van der Waals surface area contributed by atoms with E-state index in [-0.39, 0.29) is 16.8 Å². The molecular weight excluding hydrogens is 126 g/mol. The first-order valence-corrected chi connectivity index (χ1v) is 2.70. The van der Waals surface area contributed by atoms with Crippen molar-refractivity contribution in [2.75, 3.05) is 0 Å². The molecule has 0 aliphatic heterocycles. The Bertz CT molecular complexity index is 68.7. The first-order valence-electron chi connectivity index (χ1n) is 2.70. The van der Waals surface area contributed by atoms with E-state index in [1.54, 1.807) is 27.7 Å². The van der Waals surface area contributed by atoms with Crippen LogP contribution in [0.1, 0.15) is 27.7 Å². The zero-order valence-electron chi connectivity index (χ0n) is 6.47. The number of hydrogen-bond donors (Lipinski definition) is 2. The lowest BCUT2D eigenvalue weighted by Crippen LogP contribution is -2.44. The Morgan fingerprint density at radius 1 is 0.800 bits per heavy atom. The molecule has 0 saturated heterocycles. The highest BCUT2D eigenvalue weighted by Crippen LogP contribution is 2.18. The molecule has 0 saturated carbocycles. The SMILES string of the molecule is CC(C)(O)C(C)(C)O.[BH4-].[B]. The molecule has 0 aliphatic rings. The summed E-state index contributed by atoms with van der Waals surface area (Å²) < 4.78 is 0. The molecule has 3 radical (unpaired) electrons. The predicted octanol–water partition coefficient (Wildman–Crippen LogP) is -1.30. The molecule has 0 unspecified atom stereocenters. The highest BCUT2D eigenvalue weighted by atomic mass is 16.3. The van der Waals surface area contributed by atoms with E-state index in [1.807, 2.05) is 0 Å². The van der Waals surface area contributed by atoms with Crippen LogP contribution in [0.2, 0.25) is 0 Å². The van der Waals surface area contributed by atoms with Crippen molar-refractivity contribution in [3.8, 4) is 0 Å². The first-order chi connectivity index (χ1) is 3.25. The van der Waals surface area contributed by atoms with Gasteiger partial charge in [-0.15, -0.1) is 0 Å². The summed E-state index contributed by atoms with van der Waals surface area (Å²) in [4.78, 5) is 0. The Labute approximate surface area is 66.8 Å². The Morgan fingerprint density at radius 3 is 0.900 bits per heavy atom. The van der Waals surface area contributed by atoms with Crippen LogP contribution in [-0.4, -0.2) is 38.2 Å². The summed E-state index contributed by atoms with van der Waals surface area (Å²) in [6.45, 7) is 6.31. The van der Waals surface area contributed by atoms with Gasteiger partial charge < -0.3 is 10.2 Å². The van der Waals surface area contributed by atoms with Gasteiger partial charge in [-0.3, -0.25) is 0 Å². The van der Waals surface area contributed by atoms with E-state index in [1.165, 1.54) is 0 Å². The van der Waals surface area contributed by atoms with E-state index >= 15 is 0 Å². The zero-order chi connectivity index (χ0) is 7.00. The summed E-state index contributed by atoms with van der Waals surface area (Å²) >= 11 is 0. The third-order valence-electron chi connectivity index (χ3n) is 1.50. The molecule has 0 bridgehead atoms. The lowest BCUT2D eigenvalue weighted by atomic mass is 9.90. The quantitative estimate of drug-likeness (QED) is 0.448. The molecule has 0 aliphatic carbocycles. The van der Waals surface area contributed by atoms with Gasteiger partial charge in [0.25, 0.3) is 0 Å². The van der Waals surface area contributed by atoms with Crippen LogP contribution in [0.4, 0.5) is 0 Å². The first kappa shape index (κ1) is 16.6. The van der Waals surface area contributed by atoms with Crippen molar-refractivity contribution in [3.05, 3.63) is 0 Å². The monoisotopic (exact) mass is 144 g/mol. The van der Waals surface area contributed by atoms with E-state index in [0.717, 1.165) is 0 Å². The molecule has 0 fully saturated rings. The molecular formula is C6H18B2O2-. The summed E-state index contributed by atoms with van der Waals surface area (Å²) in [6, 6.07) is 0. The van der Waals surface area contributed by atoms with Crippen LogP contribution < -0.4 is 0 Å². The average Bonchev–Trinajstić information content (AvgIpc) is 1.25. The van der Waals surface area contributed by atoms with Crippen LogP contribution in [0.5, 0.6) is 0 Å². The fraction of sp³-hybridized carbons (Fsp3) is 1.00. The molecule has 0 aromatic carbocycles. The second kappa shape index (κ2) is 4.04. The van der Waals surface area contributed by atoms with Crippen LogP contribution in [0.3, 0.4) is 0 Å². The highest BCUT2D eigenvalue weighted by molar-refractivity contribution is 5.76. The van der Waals surface area contributed by atoms with Gasteiger partial charge in [-0.2, -0.15) is 0 Å². The van der Waals surface area contributed by atoms with Gasteiger partial charge >= 0.3 is 0 Å². The molecule has 4 heteroatoms. The van der Waals surface area contributed by atoms with Gasteiger partial charge in [0.15, 0.2) is 0 Å². The number of aliphatic hydroxyl groups is 2. The minimum absolute atomic E-state index is 0. The summed E-state index contributed by atoms with van der Waals surface area (Å²) in [5.41, 5.74) is -2.01. The highest BCUT2D eigenvalue weighted by Gasteiger charge is 2.31. The maximum atomic E-state index is 9.10. The van der Waals surface area contributed by atoms with Crippen LogP contribution in [0, 0.1) is 0 Å². The lowest BCUT2D eigenvalue weighted by molar-refractivity contribution is -0.107. The van der Waals surface area contributed by atoms with Crippen LogP contribution >= 0.6 is 0 Å². The molecule has 0 aromatic heterocycles. The van der Waals surface area contributed by atoms with E-state index in [0.29, 0.717) is 0 Å². The average molecular weight is 144 g/mol. The second-order valence-corrected chi connectivity index (χ2v) is 3.12. The van der Waals surface area contributed by atoms with Gasteiger partial charge in [-0.1, -0.05) is 8.41 Å². The molecule has 2 N–H and O–H groups in total. The van der Waals surface area contributed by atoms with Gasteiger partial charge in [0.1, 0.15) is 0 Å². The summed E-state index contributed by atoms with van der Waals surface area (Å²) in [5.74, 6) is 0. The molecule has 2 nitrogen and oxygen atoms in total. The minimum atomic E-state index is -1.01. The van der Waals surface area contributed by atoms with Gasteiger partial charge in [-0.05, 0) is 27.7 Å². The smallest absolute Gasteiger partial charge is 0.0872 e. The number of rotatable bonds is 1. The van der Waals surface area contributed by atoms with Gasteiger partial charge in [0.05, 0.1) is 11.2 Å². The van der Waals surface area contributed by atoms with Crippen molar-refractivity contribution in [2.24, 2.45) is 0 Å². The molecule has 0 amide bonds. The Balaban J connectivity index is -0.000000245. The fourth-order valence-corrected chi connectivity index (χ4v) is 0. The Kier molecular flexibility index (Phi) is 6.69. The molecule has 61 valence electrons. The van der Waals surface area contributed by atoms with Crippen molar-refractivity contribution in [2.45, 2.75) is 38.9 Å². The van der Waals surface area contributed by atoms with Gasteiger partial charge in [-0.25, -0.2) is 0 Å². The Hall–Kier alpha value is 0.0499. The van der Waals surface area contributed by atoms with E-state index in [4.69, 9.17) is 10.2 Å². The summed E-state index contributed by atoms with van der Waals surface area (Å²) in [5, 5.41) is 18.2. The third-order valence-corrected chi connectivity index (χ3v) is 1.50. The maximum absolute atomic E-state index is 9.10. The minimum Gasteiger partial charge on any atom is -0.387 e. The van der Waals surface area contributed by atoms with Crippen LogP contribution in [0.25, 0.3) is 0 Å². The largest absolute Gasteiger partial charge is 0.387 e. The predicted molar refractivity (Wildman–Crippen MR) is 49.7 cm³/mol. The zero-order valence-corrected chi connectivity index (χ0v) is 6.47. The van der Waals surface area contributed by atoms with Crippen LogP contribution in [-0.2, 0) is 0 Å². The molecule has 10 heavy (non-hydrogen) atoms. The molecule has 0 spiro atoms. The van der Waals surface area contributed by atoms with Gasteiger partial charge in [0.2, 0.25) is 0 Å². The van der Waals surface area contributed by atoms with Crippen molar-refractivity contribution in [1.29, 1.82) is 0 Å². The third kappa shape index (κ3) is 4.89. The molecule has 0 aromatic rings. The summed E-state index contributed by atoms with van der Waals surface area (Å²) in [6.07, 6.45) is 0. The normalized spacial score (nSPS) is 11.4. The van der Waals surface area contributed by atoms with Gasteiger partial charge in [0, 0.05) is 8.41 Å². The lowest BCUT2D eigenvalue weighted by Gasteiger charge is -2.31. The van der Waals surface area contributed by atoms with E-state index < -0.39 is 11.2 Å². The van der Waals surface area contributed by atoms with Crippen molar-refractivity contribution < 1.29 is 10.2 Å². The maximum Gasteiger partial charge on any atom is 0.0872 e. The van der Waals surface area contributed by atoms with E-state index in [9.17, 15) is 0 Å². The molecule has 0 heterocycles. The standard InChI is InChI=1S/C6H14O2.BH4.B/c1-5(2,7)6(3,4)8;;/h7-8H,1-4H3;1H4;/q;-1;. The number of hydrogen-bond acceptors (Lipinski definition) is 2. The summed E-state index contributed by atoms with van der Waals surface area (Å²) in [7, 11) is 0. The molecule has 0 atom stereocenters. The van der Waals surface area contributed by atoms with Crippen molar-refractivity contribution in [3.63, 3.8) is 0 Å². The Morgan fingerprint density at radius 2 is 0.900 bits per heavy atom. The van der Waals surface area contributed by atoms with Crippen LogP contribution in [0.15, 0.2) is 0 Å².